The Morgan fingerprint density at radius 3 is 2.33 bits per heavy atom. The largest absolute Gasteiger partial charge is 0.346 e. The molecule has 0 saturated carbocycles. The summed E-state index contributed by atoms with van der Waals surface area (Å²) < 4.78 is 0. The average Bonchev–Trinajstić information content (AvgIpc) is 2.96. The van der Waals surface area contributed by atoms with Gasteiger partial charge in [0.2, 0.25) is 17.7 Å². The van der Waals surface area contributed by atoms with Gasteiger partial charge >= 0.3 is 0 Å². The Balaban J connectivity index is 1.69. The van der Waals surface area contributed by atoms with Crippen LogP contribution >= 0.6 is 0 Å². The van der Waals surface area contributed by atoms with Crippen LogP contribution < -0.4 is 16.4 Å². The number of Topliss-reactive ketones (excluding diaryl/α,β-unsaturated/α-hetero) is 1. The number of hydrogen-bond acceptors (Lipinski definition) is 5. The van der Waals surface area contributed by atoms with E-state index in [1.54, 1.807) is 13.8 Å². The van der Waals surface area contributed by atoms with Crippen LogP contribution in [0.4, 0.5) is 0 Å². The molecule has 1 saturated heterocycles. The summed E-state index contributed by atoms with van der Waals surface area (Å²) in [4.78, 5) is 49.3. The van der Waals surface area contributed by atoms with Crippen molar-refractivity contribution >= 4 is 34.3 Å². The lowest BCUT2D eigenvalue weighted by Gasteiger charge is -2.25. The molecule has 0 aromatic heterocycles. The topological polar surface area (TPSA) is 118 Å². The van der Waals surface area contributed by atoms with Crippen molar-refractivity contribution in [1.82, 2.24) is 10.6 Å². The van der Waals surface area contributed by atoms with Gasteiger partial charge in [-0.2, -0.15) is 0 Å². The Labute approximate surface area is 175 Å². The molecule has 0 aliphatic carbocycles. The predicted octanol–water partition coefficient (Wildman–Crippen LogP) is 1.85. The highest BCUT2D eigenvalue weighted by atomic mass is 16.2. The first-order valence-corrected chi connectivity index (χ1v) is 10.1. The molecule has 30 heavy (non-hydrogen) atoms. The van der Waals surface area contributed by atoms with E-state index in [9.17, 15) is 19.2 Å². The Bertz CT molecular complexity index is 1000. The number of carbonyl (C=O) groups is 4. The average molecular weight is 409 g/mol. The number of rotatable bonds is 7. The number of benzene rings is 2. The van der Waals surface area contributed by atoms with Crippen molar-refractivity contribution in [2.24, 2.45) is 23.5 Å². The van der Waals surface area contributed by atoms with Crippen LogP contribution in [0.3, 0.4) is 0 Å². The van der Waals surface area contributed by atoms with E-state index in [2.05, 4.69) is 10.6 Å². The number of amides is 3. The molecule has 2 aromatic carbocycles. The van der Waals surface area contributed by atoms with Gasteiger partial charge in [-0.05, 0) is 28.3 Å². The van der Waals surface area contributed by atoms with Crippen LogP contribution in [-0.4, -0.2) is 29.5 Å². The summed E-state index contributed by atoms with van der Waals surface area (Å²) in [6.45, 7) is 5.11. The fourth-order valence-corrected chi connectivity index (χ4v) is 3.82. The summed E-state index contributed by atoms with van der Waals surface area (Å²) in [6, 6.07) is 12.3. The summed E-state index contributed by atoms with van der Waals surface area (Å²) in [6.07, 6.45) is 0.000186. The number of ketones is 1. The van der Waals surface area contributed by atoms with Crippen LogP contribution in [0.15, 0.2) is 42.5 Å². The molecule has 0 radical (unpaired) electrons. The Kier molecular flexibility index (Phi) is 6.31. The smallest absolute Gasteiger partial charge is 0.238 e. The van der Waals surface area contributed by atoms with Crippen LogP contribution in [0.2, 0.25) is 0 Å². The second-order valence-electron chi connectivity index (χ2n) is 8.23. The number of fused-ring (bicyclic) bond motifs is 1. The van der Waals surface area contributed by atoms with E-state index in [0.29, 0.717) is 0 Å². The van der Waals surface area contributed by atoms with Gasteiger partial charge in [0.25, 0.3) is 0 Å². The SMILES string of the molecule is CC(C)[C@H](NC(=O)CC(N)c1ccc2ccccc2c1)C(=O)[C@@H]1C(=O)NC(=O)[C@H]1C. The summed E-state index contributed by atoms with van der Waals surface area (Å²) >= 11 is 0. The zero-order valence-electron chi connectivity index (χ0n) is 17.3. The normalized spacial score (nSPS) is 20.8. The zero-order chi connectivity index (χ0) is 22.0. The molecule has 2 aromatic rings. The minimum atomic E-state index is -1.08. The number of carbonyl (C=O) groups excluding carboxylic acids is 4. The highest BCUT2D eigenvalue weighted by Gasteiger charge is 2.46. The van der Waals surface area contributed by atoms with Crippen LogP contribution in [0.5, 0.6) is 0 Å². The van der Waals surface area contributed by atoms with E-state index in [4.69, 9.17) is 5.73 Å². The number of imide groups is 1. The molecule has 1 unspecified atom stereocenters. The first-order chi connectivity index (χ1) is 14.2. The first kappa shape index (κ1) is 21.6. The van der Waals surface area contributed by atoms with Crippen LogP contribution in [0.1, 0.15) is 38.8 Å². The molecule has 4 N–H and O–H groups in total. The van der Waals surface area contributed by atoms with Gasteiger partial charge in [-0.1, -0.05) is 57.2 Å². The van der Waals surface area contributed by atoms with E-state index < -0.39 is 41.5 Å². The minimum absolute atomic E-state index is 0.000186. The van der Waals surface area contributed by atoms with Gasteiger partial charge in [0.05, 0.1) is 12.0 Å². The van der Waals surface area contributed by atoms with Crippen molar-refractivity contribution in [2.45, 2.75) is 39.3 Å². The fraction of sp³-hybridized carbons (Fsp3) is 0.391. The summed E-state index contributed by atoms with van der Waals surface area (Å²) in [5, 5.41) is 7.03. The molecule has 7 nitrogen and oxygen atoms in total. The van der Waals surface area contributed by atoms with Gasteiger partial charge in [-0.15, -0.1) is 0 Å². The van der Waals surface area contributed by atoms with Crippen LogP contribution in [-0.2, 0) is 19.2 Å². The second kappa shape index (κ2) is 8.75. The van der Waals surface area contributed by atoms with Crippen molar-refractivity contribution in [3.8, 4) is 0 Å². The Hall–Kier alpha value is -3.06. The fourth-order valence-electron chi connectivity index (χ4n) is 3.82. The molecule has 4 atom stereocenters. The van der Waals surface area contributed by atoms with Gasteiger partial charge in [-0.25, -0.2) is 0 Å². The molecule has 3 rings (SSSR count). The maximum atomic E-state index is 12.9. The quantitative estimate of drug-likeness (QED) is 0.476. The molecule has 7 heteroatoms. The number of nitrogens with two attached hydrogens (primary N) is 1. The summed E-state index contributed by atoms with van der Waals surface area (Å²) in [5.74, 6) is -3.97. The molecule has 1 fully saturated rings. The molecule has 1 aliphatic heterocycles. The zero-order valence-corrected chi connectivity index (χ0v) is 17.3. The molecular weight excluding hydrogens is 382 g/mol. The van der Waals surface area contributed by atoms with Crippen molar-refractivity contribution < 1.29 is 19.2 Å². The van der Waals surface area contributed by atoms with E-state index >= 15 is 0 Å². The van der Waals surface area contributed by atoms with E-state index in [-0.39, 0.29) is 18.2 Å². The lowest BCUT2D eigenvalue weighted by Crippen LogP contribution is -2.49. The maximum absolute atomic E-state index is 12.9. The van der Waals surface area contributed by atoms with Crippen molar-refractivity contribution in [1.29, 1.82) is 0 Å². The third kappa shape index (κ3) is 4.41. The second-order valence-corrected chi connectivity index (χ2v) is 8.23. The molecule has 0 spiro atoms. The predicted molar refractivity (Wildman–Crippen MR) is 113 cm³/mol. The third-order valence-corrected chi connectivity index (χ3v) is 5.65. The van der Waals surface area contributed by atoms with Gasteiger partial charge in [0.15, 0.2) is 5.78 Å². The number of hydrogen-bond donors (Lipinski definition) is 3. The van der Waals surface area contributed by atoms with Gasteiger partial charge in [0.1, 0.15) is 5.92 Å². The Morgan fingerprint density at radius 2 is 1.73 bits per heavy atom. The monoisotopic (exact) mass is 409 g/mol. The lowest BCUT2D eigenvalue weighted by molar-refractivity contribution is -0.137. The maximum Gasteiger partial charge on any atom is 0.238 e. The van der Waals surface area contributed by atoms with E-state index in [1.807, 2.05) is 42.5 Å². The van der Waals surface area contributed by atoms with E-state index in [1.165, 1.54) is 6.92 Å². The third-order valence-electron chi connectivity index (χ3n) is 5.65. The van der Waals surface area contributed by atoms with Crippen molar-refractivity contribution in [3.05, 3.63) is 48.0 Å². The van der Waals surface area contributed by atoms with Crippen molar-refractivity contribution in [2.75, 3.05) is 0 Å². The molecule has 0 bridgehead atoms. The first-order valence-electron chi connectivity index (χ1n) is 10.1. The highest BCUT2D eigenvalue weighted by molar-refractivity contribution is 6.16. The van der Waals surface area contributed by atoms with Gasteiger partial charge < -0.3 is 11.1 Å². The minimum Gasteiger partial charge on any atom is -0.346 e. The summed E-state index contributed by atoms with van der Waals surface area (Å²) in [7, 11) is 0. The highest BCUT2D eigenvalue weighted by Crippen LogP contribution is 2.24. The molecular formula is C23H27N3O4. The van der Waals surface area contributed by atoms with Gasteiger partial charge in [-0.3, -0.25) is 24.5 Å². The van der Waals surface area contributed by atoms with Gasteiger partial charge in [0, 0.05) is 12.5 Å². The molecule has 1 aliphatic rings. The standard InChI is InChI=1S/C23H27N3O4/c1-12(2)20(21(28)19-13(3)22(29)26-23(19)30)25-18(27)11-17(24)16-9-8-14-6-4-5-7-15(14)10-16/h4-10,12-13,17,19-20H,11,24H2,1-3H3,(H,25,27)(H,26,29,30)/t13-,17?,19+,20-/m0/s1. The lowest BCUT2D eigenvalue weighted by atomic mass is 9.85. The Morgan fingerprint density at radius 1 is 1.07 bits per heavy atom. The van der Waals surface area contributed by atoms with E-state index in [0.717, 1.165) is 16.3 Å². The van der Waals surface area contributed by atoms with Crippen LogP contribution in [0, 0.1) is 17.8 Å². The van der Waals surface area contributed by atoms with Crippen molar-refractivity contribution in [3.63, 3.8) is 0 Å². The summed E-state index contributed by atoms with van der Waals surface area (Å²) in [5.41, 5.74) is 7.07. The molecule has 1 heterocycles. The van der Waals surface area contributed by atoms with Crippen LogP contribution in [0.25, 0.3) is 10.8 Å². The number of nitrogens with one attached hydrogen (secondary N) is 2. The molecule has 158 valence electrons. The molecule has 3 amide bonds.